The van der Waals surface area contributed by atoms with E-state index in [1.807, 2.05) is 0 Å². The van der Waals surface area contributed by atoms with Gasteiger partial charge in [-0.15, -0.1) is 0 Å². The first-order valence-electron chi connectivity index (χ1n) is 11.7. The van der Waals surface area contributed by atoms with E-state index >= 15 is 0 Å². The Hall–Kier alpha value is -2.97. The second-order valence-corrected chi connectivity index (χ2v) is 10.5. The van der Waals surface area contributed by atoms with Gasteiger partial charge in [0.15, 0.2) is 0 Å². The number of amides is 1. The van der Waals surface area contributed by atoms with Gasteiger partial charge in [-0.2, -0.15) is 5.26 Å². The number of carbonyl (C=O) groups excluding carboxylic acids is 1. The Kier molecular flexibility index (Phi) is 6.98. The van der Waals surface area contributed by atoms with Gasteiger partial charge in [0, 0.05) is 30.8 Å². The molecule has 2 heterocycles. The lowest BCUT2D eigenvalue weighted by atomic mass is 9.86. The number of nitrogens with zero attached hydrogens (tertiary/aromatic N) is 3. The minimum atomic E-state index is -2.85. The summed E-state index contributed by atoms with van der Waals surface area (Å²) in [5.74, 6) is -4.83. The molecule has 0 unspecified atom stereocenters. The van der Waals surface area contributed by atoms with Gasteiger partial charge in [-0.25, -0.2) is 13.2 Å². The van der Waals surface area contributed by atoms with Crippen molar-refractivity contribution in [1.29, 1.82) is 5.26 Å². The fourth-order valence-electron chi connectivity index (χ4n) is 4.83. The van der Waals surface area contributed by atoms with Crippen molar-refractivity contribution in [3.63, 3.8) is 0 Å². The maximum Gasteiger partial charge on any atom is 0.251 e. The van der Waals surface area contributed by atoms with Crippen LogP contribution in [0.3, 0.4) is 0 Å². The van der Waals surface area contributed by atoms with Gasteiger partial charge >= 0.3 is 0 Å². The molecule has 2 N–H and O–H groups in total. The fraction of sp³-hybridized carbons (Fsp3) is 0.308. The van der Waals surface area contributed by atoms with Crippen molar-refractivity contribution in [2.45, 2.75) is 43.1 Å². The summed E-state index contributed by atoms with van der Waals surface area (Å²) < 4.78 is 45.6. The maximum absolute atomic E-state index is 14.5. The van der Waals surface area contributed by atoms with Gasteiger partial charge in [-0.05, 0) is 48.9 Å². The highest BCUT2D eigenvalue weighted by Crippen LogP contribution is 2.43. The van der Waals surface area contributed by atoms with E-state index in [-0.39, 0.29) is 11.3 Å². The number of nitriles is 1. The Labute approximate surface area is 221 Å². The van der Waals surface area contributed by atoms with Gasteiger partial charge in [0.05, 0.1) is 34.1 Å². The summed E-state index contributed by atoms with van der Waals surface area (Å²) in [6, 6.07) is 13.2. The minimum Gasteiger partial charge on any atom is -0.307 e. The number of rotatable bonds is 6. The molecule has 2 fully saturated rings. The predicted octanol–water partition coefficient (Wildman–Crippen LogP) is 5.35. The molecule has 0 spiro atoms. The zero-order valence-corrected chi connectivity index (χ0v) is 21.1. The molecule has 6 nitrogen and oxygen atoms in total. The van der Waals surface area contributed by atoms with Crippen LogP contribution in [0.5, 0.6) is 0 Å². The first-order valence-corrected chi connectivity index (χ1v) is 13.1. The summed E-state index contributed by atoms with van der Waals surface area (Å²) in [6.07, 6.45) is 4.26. The highest BCUT2D eigenvalue weighted by Gasteiger charge is 2.54. The average Bonchev–Trinajstić information content (AvgIpc) is 3.39. The van der Waals surface area contributed by atoms with Crippen molar-refractivity contribution in [3.05, 3.63) is 83.3 Å². The predicted molar refractivity (Wildman–Crippen MR) is 138 cm³/mol. The molecule has 1 amide bonds. The molecule has 1 saturated carbocycles. The Morgan fingerprint density at radius 3 is 2.68 bits per heavy atom. The molecule has 1 saturated heterocycles. The lowest BCUT2D eigenvalue weighted by Crippen LogP contribution is -2.74. The number of alkyl halides is 2. The average molecular weight is 546 g/mol. The number of halogens is 4. The van der Waals surface area contributed by atoms with Crippen LogP contribution in [0.15, 0.2) is 72.5 Å². The molecule has 0 bridgehead atoms. The topological polar surface area (TPSA) is 71.4 Å². The third-order valence-electron chi connectivity index (χ3n) is 6.53. The molecule has 11 heteroatoms. The summed E-state index contributed by atoms with van der Waals surface area (Å²) in [4.78, 5) is 17.2. The number of anilines is 2. The molecule has 2 aromatic carbocycles. The van der Waals surface area contributed by atoms with E-state index in [2.05, 4.69) is 16.1 Å². The monoisotopic (exact) mass is 545 g/mol. The zero-order valence-electron chi connectivity index (χ0n) is 19.5. The summed E-state index contributed by atoms with van der Waals surface area (Å²) in [5, 5.41) is 13.4. The molecule has 3 aliphatic rings. The summed E-state index contributed by atoms with van der Waals surface area (Å²) in [7, 11) is 0. The van der Waals surface area contributed by atoms with Crippen molar-refractivity contribution >= 4 is 40.8 Å². The highest BCUT2D eigenvalue weighted by atomic mass is 35.5. The molecular formula is C26H23ClF3N5OS. The van der Waals surface area contributed by atoms with E-state index in [0.29, 0.717) is 22.9 Å². The number of benzene rings is 2. The van der Waals surface area contributed by atoms with Crippen molar-refractivity contribution in [1.82, 2.24) is 10.0 Å². The van der Waals surface area contributed by atoms with Crippen molar-refractivity contribution in [3.8, 4) is 6.07 Å². The number of carbonyl (C=O) groups is 1. The van der Waals surface area contributed by atoms with Crippen LogP contribution in [0.4, 0.5) is 24.5 Å². The van der Waals surface area contributed by atoms with Gasteiger partial charge in [-0.3, -0.25) is 19.7 Å². The quantitative estimate of drug-likeness (QED) is 0.377. The number of hydrogen-bond acceptors (Lipinski definition) is 6. The van der Waals surface area contributed by atoms with E-state index in [9.17, 15) is 23.2 Å². The van der Waals surface area contributed by atoms with Crippen LogP contribution >= 0.6 is 23.5 Å². The molecule has 37 heavy (non-hydrogen) atoms. The largest absolute Gasteiger partial charge is 0.307 e. The number of allylic oxidation sites excluding steroid dienone is 2. The van der Waals surface area contributed by atoms with Crippen LogP contribution in [0.1, 0.15) is 19.3 Å². The standard InChI is InChI=1S/C26H23ClF3N5OS/c27-21-6-1-2-7-23(21)34-10-8-17(16-31)13-26(34,32-19-14-25(29,30)15-19)35(20-5-3-4-18(28)12-20)24(36)22-9-11-37-33-22/h1-8,10,12-13,19,22,32-33H,9,11,14-15H2/t22-,26+/m0/s1. The first kappa shape index (κ1) is 25.7. The molecule has 1 aliphatic carbocycles. The molecule has 5 rings (SSSR count). The van der Waals surface area contributed by atoms with E-state index in [0.717, 1.165) is 0 Å². The minimum absolute atomic E-state index is 0.197. The normalized spacial score (nSPS) is 24.8. The van der Waals surface area contributed by atoms with Crippen molar-refractivity contribution in [2.24, 2.45) is 0 Å². The Morgan fingerprint density at radius 1 is 1.24 bits per heavy atom. The van der Waals surface area contributed by atoms with Crippen LogP contribution in [0.2, 0.25) is 5.02 Å². The smallest absolute Gasteiger partial charge is 0.251 e. The Bertz CT molecular complexity index is 1300. The van der Waals surface area contributed by atoms with Gasteiger partial charge in [0.2, 0.25) is 11.7 Å². The lowest BCUT2D eigenvalue weighted by molar-refractivity contribution is -0.122. The molecule has 0 radical (unpaired) electrons. The van der Waals surface area contributed by atoms with Gasteiger partial charge in [0.25, 0.3) is 5.92 Å². The first-order chi connectivity index (χ1) is 17.7. The van der Waals surface area contributed by atoms with Crippen LogP contribution in [0, 0.1) is 17.1 Å². The Balaban J connectivity index is 1.74. The highest BCUT2D eigenvalue weighted by molar-refractivity contribution is 7.97. The maximum atomic E-state index is 14.5. The third-order valence-corrected chi connectivity index (χ3v) is 7.75. The van der Waals surface area contributed by atoms with Crippen LogP contribution in [0.25, 0.3) is 0 Å². The van der Waals surface area contributed by atoms with Crippen LogP contribution in [-0.2, 0) is 4.79 Å². The molecule has 2 aliphatic heterocycles. The zero-order chi connectivity index (χ0) is 26.2. The van der Waals surface area contributed by atoms with Crippen molar-refractivity contribution < 1.29 is 18.0 Å². The number of hydrogen-bond donors (Lipinski definition) is 2. The summed E-state index contributed by atoms with van der Waals surface area (Å²) >= 11 is 7.98. The fourth-order valence-corrected chi connectivity index (χ4v) is 5.95. The Morgan fingerprint density at radius 2 is 2.03 bits per heavy atom. The second kappa shape index (κ2) is 10.1. The molecule has 0 aromatic heterocycles. The van der Waals surface area contributed by atoms with Gasteiger partial charge in [-0.1, -0.05) is 41.7 Å². The van der Waals surface area contributed by atoms with E-state index < -0.39 is 48.4 Å². The molecular weight excluding hydrogens is 523 g/mol. The molecule has 192 valence electrons. The van der Waals surface area contributed by atoms with Crippen molar-refractivity contribution in [2.75, 3.05) is 15.6 Å². The number of para-hydroxylation sites is 1. The second-order valence-electron chi connectivity index (χ2n) is 9.14. The van der Waals surface area contributed by atoms with Gasteiger partial charge in [0.1, 0.15) is 5.82 Å². The number of nitrogens with one attached hydrogen (secondary N) is 2. The van der Waals surface area contributed by atoms with E-state index in [4.69, 9.17) is 11.6 Å². The SMILES string of the molecule is N#CC1=C[C@](NC2CC(F)(F)C2)(N(C(=O)[C@@H]2CCSN2)c2cccc(F)c2)N(c2ccccc2Cl)C=C1. The van der Waals surface area contributed by atoms with Gasteiger partial charge < -0.3 is 4.90 Å². The third kappa shape index (κ3) is 4.97. The summed E-state index contributed by atoms with van der Waals surface area (Å²) in [6.45, 7) is 0. The van der Waals surface area contributed by atoms with E-state index in [1.165, 1.54) is 41.1 Å². The molecule has 2 aromatic rings. The van der Waals surface area contributed by atoms with E-state index in [1.54, 1.807) is 47.5 Å². The van der Waals surface area contributed by atoms with Crippen LogP contribution in [-0.4, -0.2) is 35.5 Å². The van der Waals surface area contributed by atoms with Crippen LogP contribution < -0.4 is 19.8 Å². The molecule has 2 atom stereocenters. The summed E-state index contributed by atoms with van der Waals surface area (Å²) in [5.41, 5.74) is 0.864. The lowest BCUT2D eigenvalue weighted by Gasteiger charge is -2.54.